The maximum Gasteiger partial charge on any atom is 0.387 e. The van der Waals surface area contributed by atoms with E-state index in [-0.39, 0.29) is 10.6 Å². The first kappa shape index (κ1) is 10.1. The molecule has 0 radical (unpaired) electrons. The van der Waals surface area contributed by atoms with E-state index in [1.807, 2.05) is 0 Å². The fourth-order valence-corrected chi connectivity index (χ4v) is 1.27. The minimum absolute atomic E-state index is 0.164. The van der Waals surface area contributed by atoms with Crippen molar-refractivity contribution in [3.8, 4) is 5.75 Å². The van der Waals surface area contributed by atoms with E-state index in [1.54, 1.807) is 0 Å². The number of para-hydroxylation sites is 1. The third-order valence-electron chi connectivity index (χ3n) is 1.25. The molecule has 6 heteroatoms. The molecule has 0 bridgehead atoms. The number of ether oxygens (including phenoxy) is 1. The highest BCUT2D eigenvalue weighted by atomic mass is 32.2. The first-order valence-corrected chi connectivity index (χ1v) is 4.36. The monoisotopic (exact) mass is 208 g/mol. The van der Waals surface area contributed by atoms with Crippen LogP contribution in [0.1, 0.15) is 0 Å². The van der Waals surface area contributed by atoms with E-state index in [2.05, 4.69) is 4.74 Å². The Morgan fingerprint density at radius 1 is 1.38 bits per heavy atom. The maximum atomic E-state index is 11.8. The molecule has 0 saturated heterocycles. The van der Waals surface area contributed by atoms with Gasteiger partial charge in [-0.1, -0.05) is 12.1 Å². The smallest absolute Gasteiger partial charge is 0.387 e. The van der Waals surface area contributed by atoms with Gasteiger partial charge in [0.25, 0.3) is 0 Å². The summed E-state index contributed by atoms with van der Waals surface area (Å²) in [7, 11) is 0. The zero-order valence-electron chi connectivity index (χ0n) is 6.31. The van der Waals surface area contributed by atoms with Crippen LogP contribution in [-0.2, 0) is 11.1 Å². The third kappa shape index (κ3) is 2.74. The zero-order valence-corrected chi connectivity index (χ0v) is 7.13. The van der Waals surface area contributed by atoms with Crippen LogP contribution < -0.4 is 4.74 Å². The summed E-state index contributed by atoms with van der Waals surface area (Å²) >= 11 is -2.32. The Hall–Kier alpha value is -1.01. The van der Waals surface area contributed by atoms with Gasteiger partial charge in [-0.15, -0.1) is 0 Å². The van der Waals surface area contributed by atoms with E-state index in [4.69, 9.17) is 4.55 Å². The van der Waals surface area contributed by atoms with Crippen molar-refractivity contribution in [1.82, 2.24) is 0 Å². The van der Waals surface area contributed by atoms with Crippen molar-refractivity contribution in [2.75, 3.05) is 0 Å². The summed E-state index contributed by atoms with van der Waals surface area (Å²) in [4.78, 5) is -0.164. The predicted molar refractivity (Wildman–Crippen MR) is 42.1 cm³/mol. The molecule has 0 heterocycles. The Labute approximate surface area is 75.6 Å². The molecule has 0 amide bonds. The highest BCUT2D eigenvalue weighted by Gasteiger charge is 2.11. The van der Waals surface area contributed by atoms with E-state index < -0.39 is 17.7 Å². The molecule has 1 aromatic rings. The van der Waals surface area contributed by atoms with Crippen molar-refractivity contribution in [2.45, 2.75) is 11.5 Å². The number of alkyl halides is 2. The molecule has 0 aromatic heterocycles. The fraction of sp³-hybridized carbons (Fsp3) is 0.143. The van der Waals surface area contributed by atoms with E-state index in [0.717, 1.165) is 0 Å². The summed E-state index contributed by atoms with van der Waals surface area (Å²) in [6, 6.07) is 5.35. The molecule has 0 aliphatic rings. The number of benzene rings is 1. The third-order valence-corrected chi connectivity index (χ3v) is 1.97. The largest absolute Gasteiger partial charge is 0.433 e. The Bertz CT molecular complexity index is 316. The van der Waals surface area contributed by atoms with Crippen LogP contribution in [0.25, 0.3) is 0 Å². The minimum Gasteiger partial charge on any atom is -0.433 e. The molecule has 1 aromatic carbocycles. The fourth-order valence-electron chi connectivity index (χ4n) is 0.788. The lowest BCUT2D eigenvalue weighted by Gasteiger charge is -2.06. The van der Waals surface area contributed by atoms with Gasteiger partial charge in [-0.25, -0.2) is 4.21 Å². The van der Waals surface area contributed by atoms with Gasteiger partial charge in [-0.3, -0.25) is 0 Å². The molecule has 0 spiro atoms. The van der Waals surface area contributed by atoms with Crippen molar-refractivity contribution < 1.29 is 22.3 Å². The van der Waals surface area contributed by atoms with Crippen LogP contribution in [0.15, 0.2) is 29.2 Å². The van der Waals surface area contributed by atoms with Crippen molar-refractivity contribution in [3.05, 3.63) is 24.3 Å². The predicted octanol–water partition coefficient (Wildman–Crippen LogP) is 1.87. The number of rotatable bonds is 3. The van der Waals surface area contributed by atoms with Crippen LogP contribution in [0, 0.1) is 0 Å². The molecule has 0 saturated carbocycles. The molecule has 1 unspecified atom stereocenters. The zero-order chi connectivity index (χ0) is 9.84. The maximum absolute atomic E-state index is 11.8. The van der Waals surface area contributed by atoms with Gasteiger partial charge in [0.05, 0.1) is 0 Å². The summed E-state index contributed by atoms with van der Waals surface area (Å²) in [6.45, 7) is -3.00. The number of hydrogen-bond acceptors (Lipinski definition) is 2. The van der Waals surface area contributed by atoms with E-state index in [0.29, 0.717) is 0 Å². The minimum atomic E-state index is -3.00. The molecule has 13 heavy (non-hydrogen) atoms. The Morgan fingerprint density at radius 2 is 2.00 bits per heavy atom. The van der Waals surface area contributed by atoms with Gasteiger partial charge in [-0.2, -0.15) is 8.78 Å². The Balaban J connectivity index is 2.98. The lowest BCUT2D eigenvalue weighted by molar-refractivity contribution is -0.0517. The normalized spacial score (nSPS) is 12.9. The summed E-state index contributed by atoms with van der Waals surface area (Å²) < 4.78 is 46.8. The van der Waals surface area contributed by atoms with Crippen LogP contribution in [0.2, 0.25) is 0 Å². The molecule has 0 aliphatic carbocycles. The van der Waals surface area contributed by atoms with Gasteiger partial charge in [0.2, 0.25) is 0 Å². The average molecular weight is 208 g/mol. The van der Waals surface area contributed by atoms with Gasteiger partial charge in [0.1, 0.15) is 10.6 Å². The molecule has 0 aliphatic heterocycles. The highest BCUT2D eigenvalue weighted by Crippen LogP contribution is 2.22. The van der Waals surface area contributed by atoms with Gasteiger partial charge in [0, 0.05) is 0 Å². The van der Waals surface area contributed by atoms with Crippen LogP contribution in [0.5, 0.6) is 5.75 Å². The topological polar surface area (TPSA) is 46.5 Å². The van der Waals surface area contributed by atoms with E-state index in [9.17, 15) is 13.0 Å². The second-order valence-corrected chi connectivity index (χ2v) is 3.01. The first-order chi connectivity index (χ1) is 6.11. The average Bonchev–Trinajstić information content (AvgIpc) is 2.03. The van der Waals surface area contributed by atoms with Gasteiger partial charge in [0.15, 0.2) is 11.1 Å². The molecule has 1 rings (SSSR count). The van der Waals surface area contributed by atoms with Crippen LogP contribution >= 0.6 is 0 Å². The van der Waals surface area contributed by atoms with E-state index >= 15 is 0 Å². The first-order valence-electron chi connectivity index (χ1n) is 3.26. The molecule has 1 atom stereocenters. The lowest BCUT2D eigenvalue weighted by Crippen LogP contribution is -2.04. The molecular weight excluding hydrogens is 202 g/mol. The molecule has 3 nitrogen and oxygen atoms in total. The lowest BCUT2D eigenvalue weighted by atomic mass is 10.3. The van der Waals surface area contributed by atoms with Crippen molar-refractivity contribution >= 4 is 11.1 Å². The SMILES string of the molecule is O=S(O)c1ccccc1OC(F)F. The second-order valence-electron chi connectivity index (χ2n) is 2.07. The molecule has 72 valence electrons. The molecule has 1 N–H and O–H groups in total. The summed E-state index contributed by atoms with van der Waals surface area (Å²) in [6.07, 6.45) is 0. The van der Waals surface area contributed by atoms with Gasteiger partial charge >= 0.3 is 6.61 Å². The van der Waals surface area contributed by atoms with Crippen molar-refractivity contribution in [1.29, 1.82) is 0 Å². The van der Waals surface area contributed by atoms with Crippen LogP contribution in [-0.4, -0.2) is 15.4 Å². The number of halogens is 2. The van der Waals surface area contributed by atoms with Crippen LogP contribution in [0.4, 0.5) is 8.78 Å². The molecule has 0 fully saturated rings. The number of hydrogen-bond donors (Lipinski definition) is 1. The standard InChI is InChI=1S/C7H6F2O3S/c8-7(9)12-5-3-1-2-4-6(5)13(10)11/h1-4,7H,(H,10,11). The Morgan fingerprint density at radius 3 is 2.54 bits per heavy atom. The summed E-state index contributed by atoms with van der Waals surface area (Å²) in [5.74, 6) is -0.279. The van der Waals surface area contributed by atoms with Gasteiger partial charge in [-0.05, 0) is 12.1 Å². The van der Waals surface area contributed by atoms with Crippen molar-refractivity contribution in [2.24, 2.45) is 0 Å². The quantitative estimate of drug-likeness (QED) is 0.771. The van der Waals surface area contributed by atoms with Gasteiger partial charge < -0.3 is 9.29 Å². The highest BCUT2D eigenvalue weighted by molar-refractivity contribution is 7.79. The van der Waals surface area contributed by atoms with Crippen molar-refractivity contribution in [3.63, 3.8) is 0 Å². The second kappa shape index (κ2) is 4.29. The summed E-state index contributed by atoms with van der Waals surface area (Å²) in [5, 5.41) is 0. The summed E-state index contributed by atoms with van der Waals surface area (Å²) in [5.41, 5.74) is 0. The van der Waals surface area contributed by atoms with E-state index in [1.165, 1.54) is 24.3 Å². The Kier molecular flexibility index (Phi) is 3.32. The molecular formula is C7H6F2O3S. The van der Waals surface area contributed by atoms with Crippen LogP contribution in [0.3, 0.4) is 0 Å².